The molecule has 108 valence electrons. The van der Waals surface area contributed by atoms with Crippen LogP contribution >= 0.6 is 11.8 Å². The number of hydrogen-bond donors (Lipinski definition) is 4. The van der Waals surface area contributed by atoms with Crippen molar-refractivity contribution in [3.63, 3.8) is 0 Å². The largest absolute Gasteiger partial charge is 0.387 e. The zero-order valence-corrected chi connectivity index (χ0v) is 12.3. The van der Waals surface area contributed by atoms with Crippen molar-refractivity contribution in [2.24, 2.45) is 5.92 Å². The molecule has 1 unspecified atom stereocenters. The van der Waals surface area contributed by atoms with E-state index >= 15 is 0 Å². The number of nitrogen functional groups attached to an aromatic ring is 1. The molecule has 6 nitrogen and oxygen atoms in total. The summed E-state index contributed by atoms with van der Waals surface area (Å²) in [5.41, 5.74) is 8.67. The predicted molar refractivity (Wildman–Crippen MR) is 80.6 cm³/mol. The van der Waals surface area contributed by atoms with Gasteiger partial charge in [0, 0.05) is 17.9 Å². The molecule has 20 heavy (non-hydrogen) atoms. The van der Waals surface area contributed by atoms with E-state index in [0.717, 1.165) is 42.0 Å². The van der Waals surface area contributed by atoms with E-state index in [2.05, 4.69) is 21.2 Å². The highest BCUT2D eigenvalue weighted by Gasteiger charge is 2.34. The molecule has 1 aliphatic rings. The minimum atomic E-state index is -0.192. The highest BCUT2D eigenvalue weighted by molar-refractivity contribution is 7.98. The molecule has 1 fully saturated rings. The molecule has 1 saturated heterocycles. The van der Waals surface area contributed by atoms with Gasteiger partial charge >= 0.3 is 0 Å². The van der Waals surface area contributed by atoms with Crippen molar-refractivity contribution in [3.05, 3.63) is 18.1 Å². The van der Waals surface area contributed by atoms with E-state index in [1.54, 1.807) is 11.8 Å². The summed E-state index contributed by atoms with van der Waals surface area (Å²) < 4.78 is 0. The lowest BCUT2D eigenvalue weighted by atomic mass is 10.1. The van der Waals surface area contributed by atoms with Crippen molar-refractivity contribution >= 4 is 28.6 Å². The first-order chi connectivity index (χ1) is 9.69. The van der Waals surface area contributed by atoms with Crippen LogP contribution in [0.1, 0.15) is 5.56 Å². The highest BCUT2D eigenvalue weighted by atomic mass is 32.2. The number of nitrogens with one attached hydrogen (secondary N) is 2. The predicted octanol–water partition coefficient (Wildman–Crippen LogP) is -0.721. The van der Waals surface area contributed by atoms with Crippen LogP contribution in [0.25, 0.3) is 11.0 Å². The number of rotatable bonds is 4. The highest BCUT2D eigenvalue weighted by Crippen LogP contribution is 2.19. The van der Waals surface area contributed by atoms with Crippen LogP contribution in [0.5, 0.6) is 0 Å². The maximum Gasteiger partial charge on any atom is 0.151 e. The Bertz CT molecular complexity index is 601. The molecule has 0 spiro atoms. The summed E-state index contributed by atoms with van der Waals surface area (Å²) in [7, 11) is 0. The quantitative estimate of drug-likeness (QED) is 0.597. The molecular weight excluding hydrogens is 274 g/mol. The van der Waals surface area contributed by atoms with Gasteiger partial charge in [-0.15, -0.1) is 0 Å². The molecule has 3 heterocycles. The Morgan fingerprint density at radius 1 is 1.50 bits per heavy atom. The van der Waals surface area contributed by atoms with Gasteiger partial charge < -0.3 is 20.7 Å². The van der Waals surface area contributed by atoms with Crippen molar-refractivity contribution in [1.82, 2.24) is 15.0 Å². The lowest BCUT2D eigenvalue weighted by Gasteiger charge is -2.11. The molecule has 0 aliphatic carbocycles. The number of likely N-dealkylation sites (tertiary alicyclic amines) is 1. The number of anilines is 1. The van der Waals surface area contributed by atoms with Gasteiger partial charge in [0.05, 0.1) is 12.1 Å². The number of nitrogens with two attached hydrogens (primary N) is 1. The van der Waals surface area contributed by atoms with Gasteiger partial charge in [0.25, 0.3) is 0 Å². The molecule has 2 aromatic rings. The number of aromatic amines is 1. The average molecular weight is 294 g/mol. The fraction of sp³-hybridized carbons (Fsp3) is 0.538. The first kappa shape index (κ1) is 13.7. The number of aliphatic hydroxyl groups is 1. The van der Waals surface area contributed by atoms with Crippen molar-refractivity contribution in [1.29, 1.82) is 0 Å². The SMILES string of the molecule is CSC[C@H]1C[NH+](Cc2c[nH]c3c(N)ncnc23)C[C@@H]1O. The maximum absolute atomic E-state index is 10.1. The summed E-state index contributed by atoms with van der Waals surface area (Å²) in [6.07, 6.45) is 5.35. The summed E-state index contributed by atoms with van der Waals surface area (Å²) >= 11 is 1.80. The second-order valence-corrected chi connectivity index (χ2v) is 6.32. The molecule has 0 saturated carbocycles. The second kappa shape index (κ2) is 5.59. The summed E-state index contributed by atoms with van der Waals surface area (Å²) in [6.45, 7) is 2.67. The van der Waals surface area contributed by atoms with Gasteiger partial charge in [-0.3, -0.25) is 0 Å². The fourth-order valence-corrected chi connectivity index (χ4v) is 3.77. The topological polar surface area (TPSA) is 92.3 Å². The van der Waals surface area contributed by atoms with E-state index < -0.39 is 0 Å². The number of aliphatic hydroxyl groups excluding tert-OH is 1. The minimum Gasteiger partial charge on any atom is -0.387 e. The standard InChI is InChI=1S/C13H19N5OS/c1-20-6-9-4-18(5-10(9)19)3-8-2-15-12-11(8)16-7-17-13(12)14/h2,7,9-10,15,19H,3-6H2,1H3,(H2,14,16,17)/p+1/t9-,10+/m1/s1. The Kier molecular flexibility index (Phi) is 3.82. The molecule has 0 bridgehead atoms. The number of hydrogen-bond acceptors (Lipinski definition) is 5. The Labute approximate surface area is 121 Å². The molecule has 1 aliphatic heterocycles. The monoisotopic (exact) mass is 294 g/mol. The smallest absolute Gasteiger partial charge is 0.151 e. The molecule has 0 amide bonds. The lowest BCUT2D eigenvalue weighted by molar-refractivity contribution is -0.903. The van der Waals surface area contributed by atoms with Crippen LogP contribution in [-0.4, -0.2) is 51.3 Å². The number of nitrogens with zero attached hydrogens (tertiary/aromatic N) is 2. The van der Waals surface area contributed by atoms with Gasteiger partial charge in [0.15, 0.2) is 5.82 Å². The van der Waals surface area contributed by atoms with Crippen molar-refractivity contribution in [2.45, 2.75) is 12.6 Å². The maximum atomic E-state index is 10.1. The first-order valence-corrected chi connectivity index (χ1v) is 8.15. The minimum absolute atomic E-state index is 0.192. The van der Waals surface area contributed by atoms with Crippen molar-refractivity contribution in [2.75, 3.05) is 30.8 Å². The fourth-order valence-electron chi connectivity index (χ4n) is 3.00. The third-order valence-corrected chi connectivity index (χ3v) is 4.75. The molecule has 3 atom stereocenters. The van der Waals surface area contributed by atoms with Crippen molar-refractivity contribution < 1.29 is 10.0 Å². The normalized spacial score (nSPS) is 26.4. The van der Waals surface area contributed by atoms with E-state index in [4.69, 9.17) is 5.73 Å². The van der Waals surface area contributed by atoms with E-state index in [0.29, 0.717) is 11.7 Å². The molecule has 3 rings (SSSR count). The summed E-state index contributed by atoms with van der Waals surface area (Å²) in [4.78, 5) is 12.8. The third-order valence-electron chi connectivity index (χ3n) is 3.99. The number of aromatic nitrogens is 3. The van der Waals surface area contributed by atoms with Crippen LogP contribution in [-0.2, 0) is 6.54 Å². The van der Waals surface area contributed by atoms with E-state index in [1.165, 1.54) is 11.2 Å². The molecule has 0 aromatic carbocycles. The summed E-state index contributed by atoms with van der Waals surface area (Å²) in [6, 6.07) is 0. The van der Waals surface area contributed by atoms with Gasteiger partial charge in [0.2, 0.25) is 0 Å². The van der Waals surface area contributed by atoms with Gasteiger partial charge in [-0.25, -0.2) is 9.97 Å². The summed E-state index contributed by atoms with van der Waals surface area (Å²) in [5, 5.41) is 10.1. The Balaban J connectivity index is 1.76. The van der Waals surface area contributed by atoms with Gasteiger partial charge in [0.1, 0.15) is 36.6 Å². The molecular formula is C13H20N5OS+. The van der Waals surface area contributed by atoms with Gasteiger partial charge in [-0.05, 0) is 6.26 Å². The number of quaternary nitrogens is 1. The number of thioether (sulfide) groups is 1. The van der Waals surface area contributed by atoms with Crippen molar-refractivity contribution in [3.8, 4) is 0 Å². The van der Waals surface area contributed by atoms with Crippen LogP contribution < -0.4 is 10.6 Å². The molecule has 5 N–H and O–H groups in total. The number of H-pyrrole nitrogens is 1. The van der Waals surface area contributed by atoms with Gasteiger partial charge in [-0.1, -0.05) is 0 Å². The Hall–Kier alpha value is -1.31. The number of fused-ring (bicyclic) bond motifs is 1. The van der Waals surface area contributed by atoms with Gasteiger partial charge in [-0.2, -0.15) is 11.8 Å². The molecule has 2 aromatic heterocycles. The van der Waals surface area contributed by atoms with Crippen LogP contribution in [0.2, 0.25) is 0 Å². The zero-order chi connectivity index (χ0) is 14.1. The third kappa shape index (κ3) is 2.48. The second-order valence-electron chi connectivity index (χ2n) is 5.41. The van der Waals surface area contributed by atoms with Crippen LogP contribution in [0, 0.1) is 5.92 Å². The Morgan fingerprint density at radius 2 is 2.35 bits per heavy atom. The summed E-state index contributed by atoms with van der Waals surface area (Å²) in [5.74, 6) is 1.90. The molecule has 0 radical (unpaired) electrons. The Morgan fingerprint density at radius 3 is 3.15 bits per heavy atom. The van der Waals surface area contributed by atoms with E-state index in [9.17, 15) is 5.11 Å². The first-order valence-electron chi connectivity index (χ1n) is 6.76. The van der Waals surface area contributed by atoms with E-state index in [-0.39, 0.29) is 6.10 Å². The van der Waals surface area contributed by atoms with Crippen LogP contribution in [0.15, 0.2) is 12.5 Å². The average Bonchev–Trinajstić information content (AvgIpc) is 2.97. The van der Waals surface area contributed by atoms with E-state index in [1.807, 2.05) is 6.20 Å². The van der Waals surface area contributed by atoms with Crippen LogP contribution in [0.4, 0.5) is 5.82 Å². The lowest BCUT2D eigenvalue weighted by Crippen LogP contribution is -3.09. The van der Waals surface area contributed by atoms with Crippen LogP contribution in [0.3, 0.4) is 0 Å². The zero-order valence-electron chi connectivity index (χ0n) is 11.5. The molecule has 7 heteroatoms.